The van der Waals surface area contributed by atoms with Crippen molar-refractivity contribution in [1.82, 2.24) is 5.43 Å². The van der Waals surface area contributed by atoms with E-state index in [1.54, 1.807) is 24.3 Å². The Kier molecular flexibility index (Phi) is 6.97. The quantitative estimate of drug-likeness (QED) is 0.431. The van der Waals surface area contributed by atoms with E-state index in [0.717, 1.165) is 18.8 Å². The predicted molar refractivity (Wildman–Crippen MR) is 76.9 cm³/mol. The second-order valence-electron chi connectivity index (χ2n) is 4.73. The number of amides is 1. The number of carbonyl (C=O) groups is 1. The van der Waals surface area contributed by atoms with Crippen molar-refractivity contribution in [1.29, 1.82) is 0 Å². The Hall–Kier alpha value is -1.55. The molecule has 0 saturated heterocycles. The van der Waals surface area contributed by atoms with Crippen molar-refractivity contribution in [3.63, 3.8) is 0 Å². The van der Waals surface area contributed by atoms with Gasteiger partial charge in [0.15, 0.2) is 0 Å². The van der Waals surface area contributed by atoms with E-state index in [2.05, 4.69) is 19.3 Å². The fourth-order valence-corrected chi connectivity index (χ4v) is 1.90. The van der Waals surface area contributed by atoms with Crippen molar-refractivity contribution >= 4 is 5.91 Å². The third-order valence-electron chi connectivity index (χ3n) is 3.28. The maximum atomic E-state index is 11.3. The van der Waals surface area contributed by atoms with Crippen LogP contribution in [0, 0.1) is 5.92 Å². The van der Waals surface area contributed by atoms with Crippen LogP contribution >= 0.6 is 0 Å². The van der Waals surface area contributed by atoms with Crippen LogP contribution in [0.5, 0.6) is 5.75 Å². The SMILES string of the molecule is CCCCC(CC)COc1ccc(C(=O)NN)cc1. The molecule has 106 valence electrons. The van der Waals surface area contributed by atoms with E-state index in [0.29, 0.717) is 11.5 Å². The molecule has 19 heavy (non-hydrogen) atoms. The maximum Gasteiger partial charge on any atom is 0.265 e. The number of benzene rings is 1. The molecule has 0 spiro atoms. The zero-order valence-electron chi connectivity index (χ0n) is 11.8. The minimum Gasteiger partial charge on any atom is -0.493 e. The van der Waals surface area contributed by atoms with E-state index in [-0.39, 0.29) is 5.91 Å². The Bertz CT molecular complexity index is 376. The van der Waals surface area contributed by atoms with Crippen LogP contribution in [0.3, 0.4) is 0 Å². The molecule has 0 fully saturated rings. The topological polar surface area (TPSA) is 64.3 Å². The number of hydrazine groups is 1. The molecule has 4 heteroatoms. The lowest BCUT2D eigenvalue weighted by Gasteiger charge is -2.15. The van der Waals surface area contributed by atoms with Crippen LogP contribution in [0.1, 0.15) is 49.9 Å². The average Bonchev–Trinajstić information content (AvgIpc) is 2.47. The number of carbonyl (C=O) groups excluding carboxylic acids is 1. The van der Waals surface area contributed by atoms with Crippen LogP contribution in [0.4, 0.5) is 0 Å². The van der Waals surface area contributed by atoms with Gasteiger partial charge in [-0.25, -0.2) is 5.84 Å². The molecule has 0 aromatic heterocycles. The van der Waals surface area contributed by atoms with Gasteiger partial charge >= 0.3 is 0 Å². The maximum absolute atomic E-state index is 11.3. The van der Waals surface area contributed by atoms with Crippen LogP contribution in [-0.4, -0.2) is 12.5 Å². The molecule has 4 nitrogen and oxygen atoms in total. The van der Waals surface area contributed by atoms with Gasteiger partial charge in [0, 0.05) is 5.56 Å². The molecule has 1 atom stereocenters. The summed E-state index contributed by atoms with van der Waals surface area (Å²) in [5, 5.41) is 0. The molecular weight excluding hydrogens is 240 g/mol. The third kappa shape index (κ3) is 5.30. The van der Waals surface area contributed by atoms with Crippen molar-refractivity contribution < 1.29 is 9.53 Å². The van der Waals surface area contributed by atoms with Crippen LogP contribution in [0.15, 0.2) is 24.3 Å². The largest absolute Gasteiger partial charge is 0.493 e. The summed E-state index contributed by atoms with van der Waals surface area (Å²) >= 11 is 0. The fourth-order valence-electron chi connectivity index (χ4n) is 1.90. The van der Waals surface area contributed by atoms with Gasteiger partial charge < -0.3 is 4.74 Å². The van der Waals surface area contributed by atoms with Crippen LogP contribution < -0.4 is 16.0 Å². The van der Waals surface area contributed by atoms with Crippen molar-refractivity contribution in [2.24, 2.45) is 11.8 Å². The molecule has 0 saturated carbocycles. The molecule has 1 aromatic rings. The summed E-state index contributed by atoms with van der Waals surface area (Å²) in [6, 6.07) is 7.03. The van der Waals surface area contributed by atoms with Crippen molar-refractivity contribution in [2.75, 3.05) is 6.61 Å². The molecule has 0 radical (unpaired) electrons. The third-order valence-corrected chi connectivity index (χ3v) is 3.28. The van der Waals surface area contributed by atoms with E-state index in [1.807, 2.05) is 0 Å². The number of unbranched alkanes of at least 4 members (excludes halogenated alkanes) is 1. The van der Waals surface area contributed by atoms with Gasteiger partial charge in [-0.3, -0.25) is 10.2 Å². The molecule has 0 heterocycles. The van der Waals surface area contributed by atoms with E-state index in [9.17, 15) is 4.79 Å². The first kappa shape index (κ1) is 15.5. The van der Waals surface area contributed by atoms with Crippen molar-refractivity contribution in [2.45, 2.75) is 39.5 Å². The molecule has 0 aliphatic carbocycles. The minimum absolute atomic E-state index is 0.291. The number of nitrogens with two attached hydrogens (primary N) is 1. The normalized spacial score (nSPS) is 11.9. The number of hydrogen-bond donors (Lipinski definition) is 2. The Balaban J connectivity index is 2.46. The standard InChI is InChI=1S/C15H24N2O2/c1-3-5-6-12(4-2)11-19-14-9-7-13(8-10-14)15(18)17-16/h7-10,12H,3-6,11,16H2,1-2H3,(H,17,18). The smallest absolute Gasteiger partial charge is 0.265 e. The Morgan fingerprint density at radius 3 is 2.53 bits per heavy atom. The summed E-state index contributed by atoms with van der Waals surface area (Å²) in [6.07, 6.45) is 4.81. The molecule has 1 aromatic carbocycles. The van der Waals surface area contributed by atoms with Crippen molar-refractivity contribution in [3.8, 4) is 5.75 Å². The van der Waals surface area contributed by atoms with E-state index in [1.165, 1.54) is 19.3 Å². The number of ether oxygens (including phenoxy) is 1. The minimum atomic E-state index is -0.291. The first-order chi connectivity index (χ1) is 9.21. The van der Waals surface area contributed by atoms with Gasteiger partial charge in [-0.1, -0.05) is 33.1 Å². The first-order valence-electron chi connectivity index (χ1n) is 6.95. The molecule has 0 aliphatic rings. The summed E-state index contributed by atoms with van der Waals surface area (Å²) in [5.74, 6) is 6.18. The predicted octanol–water partition coefficient (Wildman–Crippen LogP) is 2.89. The summed E-state index contributed by atoms with van der Waals surface area (Å²) in [6.45, 7) is 5.13. The first-order valence-corrected chi connectivity index (χ1v) is 6.95. The summed E-state index contributed by atoms with van der Waals surface area (Å²) in [4.78, 5) is 11.3. The molecule has 1 unspecified atom stereocenters. The molecule has 0 bridgehead atoms. The second kappa shape index (κ2) is 8.53. The van der Waals surface area contributed by atoms with Crippen LogP contribution in [0.2, 0.25) is 0 Å². The molecule has 1 amide bonds. The van der Waals surface area contributed by atoms with Gasteiger partial charge in [0.1, 0.15) is 5.75 Å². The van der Waals surface area contributed by atoms with Gasteiger partial charge in [-0.15, -0.1) is 0 Å². The Labute approximate surface area is 115 Å². The van der Waals surface area contributed by atoms with E-state index in [4.69, 9.17) is 10.6 Å². The van der Waals surface area contributed by atoms with Gasteiger partial charge in [0.25, 0.3) is 5.91 Å². The second-order valence-corrected chi connectivity index (χ2v) is 4.73. The van der Waals surface area contributed by atoms with Gasteiger partial charge in [0.2, 0.25) is 0 Å². The fraction of sp³-hybridized carbons (Fsp3) is 0.533. The number of hydrogen-bond acceptors (Lipinski definition) is 3. The number of nitrogens with one attached hydrogen (secondary N) is 1. The average molecular weight is 264 g/mol. The highest BCUT2D eigenvalue weighted by atomic mass is 16.5. The summed E-state index contributed by atoms with van der Waals surface area (Å²) in [7, 11) is 0. The Morgan fingerprint density at radius 1 is 1.32 bits per heavy atom. The van der Waals surface area contributed by atoms with E-state index >= 15 is 0 Å². The molecule has 0 aliphatic heterocycles. The Morgan fingerprint density at radius 2 is 2.00 bits per heavy atom. The van der Waals surface area contributed by atoms with Gasteiger partial charge in [0.05, 0.1) is 6.61 Å². The lowest BCUT2D eigenvalue weighted by atomic mass is 10.0. The lowest BCUT2D eigenvalue weighted by molar-refractivity contribution is 0.0953. The van der Waals surface area contributed by atoms with Crippen LogP contribution in [-0.2, 0) is 0 Å². The van der Waals surface area contributed by atoms with Gasteiger partial charge in [-0.05, 0) is 36.6 Å². The molecule has 1 rings (SSSR count). The van der Waals surface area contributed by atoms with Gasteiger partial charge in [-0.2, -0.15) is 0 Å². The zero-order valence-corrected chi connectivity index (χ0v) is 11.8. The number of nitrogen functional groups attached to an aromatic ring is 1. The monoisotopic (exact) mass is 264 g/mol. The summed E-state index contributed by atoms with van der Waals surface area (Å²) in [5.41, 5.74) is 2.64. The zero-order chi connectivity index (χ0) is 14.1. The molecule has 3 N–H and O–H groups in total. The van der Waals surface area contributed by atoms with E-state index < -0.39 is 0 Å². The molecular formula is C15H24N2O2. The highest BCUT2D eigenvalue weighted by Crippen LogP contribution is 2.17. The van der Waals surface area contributed by atoms with Crippen LogP contribution in [0.25, 0.3) is 0 Å². The number of rotatable bonds is 8. The lowest BCUT2D eigenvalue weighted by Crippen LogP contribution is -2.29. The highest BCUT2D eigenvalue weighted by Gasteiger charge is 2.07. The van der Waals surface area contributed by atoms with Crippen molar-refractivity contribution in [3.05, 3.63) is 29.8 Å². The highest BCUT2D eigenvalue weighted by molar-refractivity contribution is 5.93. The summed E-state index contributed by atoms with van der Waals surface area (Å²) < 4.78 is 5.76.